The van der Waals surface area contributed by atoms with Crippen LogP contribution in [0, 0.1) is 12.1 Å². The number of aromatic nitrogens is 5. The summed E-state index contributed by atoms with van der Waals surface area (Å²) in [4.78, 5) is 9.72. The van der Waals surface area contributed by atoms with E-state index in [2.05, 4.69) is 79.9 Å². The molecule has 3 aromatic heterocycles. The van der Waals surface area contributed by atoms with Crippen LogP contribution in [0.1, 0.15) is 26.3 Å². The summed E-state index contributed by atoms with van der Waals surface area (Å²) in [6.45, 7) is 6.64. The van der Waals surface area contributed by atoms with E-state index in [4.69, 9.17) is 19.8 Å². The summed E-state index contributed by atoms with van der Waals surface area (Å²) < 4.78 is 10.4. The van der Waals surface area contributed by atoms with Gasteiger partial charge in [0.2, 0.25) is 0 Å². The van der Waals surface area contributed by atoms with Crippen molar-refractivity contribution < 1.29 is 25.8 Å². The van der Waals surface area contributed by atoms with Gasteiger partial charge in [-0.2, -0.15) is 12.1 Å². The molecular weight excluding hydrogens is 774 g/mol. The van der Waals surface area contributed by atoms with Gasteiger partial charge in [0.15, 0.2) is 11.6 Å². The molecular formula is C41H31N5OPt. The Morgan fingerprint density at radius 1 is 0.667 bits per heavy atom. The van der Waals surface area contributed by atoms with Gasteiger partial charge in [0.05, 0.1) is 0 Å². The largest absolute Gasteiger partial charge is 2.00 e. The summed E-state index contributed by atoms with van der Waals surface area (Å²) in [5.41, 5.74) is 5.78. The van der Waals surface area contributed by atoms with Crippen molar-refractivity contribution in [1.82, 2.24) is 24.3 Å². The van der Waals surface area contributed by atoms with Crippen LogP contribution in [0.5, 0.6) is 11.5 Å². The molecule has 236 valence electrons. The van der Waals surface area contributed by atoms with E-state index in [1.54, 1.807) is 0 Å². The van der Waals surface area contributed by atoms with E-state index >= 15 is 0 Å². The van der Waals surface area contributed by atoms with Crippen LogP contribution in [0.2, 0.25) is 0 Å². The van der Waals surface area contributed by atoms with Gasteiger partial charge in [0.25, 0.3) is 0 Å². The standard InChI is InChI=1S/C41H31N5O.Pt/c1-41(2,3)30-23-24-42-38(25-30)45-36-20-11-10-19-34(36)35-22-21-33(27-37(35)45)47-32-18-12-17-31(26-32)46-40(29-15-8-5-9-16-29)43-39(44-46)28-13-6-4-7-14-28;/h4-25H,1-3H3;/q-2;+2. The molecule has 8 rings (SSSR count). The van der Waals surface area contributed by atoms with Crippen LogP contribution < -0.4 is 4.74 Å². The van der Waals surface area contributed by atoms with Crippen molar-refractivity contribution in [2.24, 2.45) is 0 Å². The maximum Gasteiger partial charge on any atom is 2.00 e. The van der Waals surface area contributed by atoms with E-state index in [1.807, 2.05) is 95.8 Å². The number of nitrogens with zero attached hydrogens (tertiary/aromatic N) is 5. The summed E-state index contributed by atoms with van der Waals surface area (Å²) in [6, 6.07) is 49.5. The number of pyridine rings is 1. The minimum absolute atomic E-state index is 0. The third-order valence-electron chi connectivity index (χ3n) is 8.27. The Labute approximate surface area is 294 Å². The second-order valence-corrected chi connectivity index (χ2v) is 12.5. The fourth-order valence-electron chi connectivity index (χ4n) is 5.88. The van der Waals surface area contributed by atoms with Gasteiger partial charge >= 0.3 is 21.1 Å². The molecule has 6 nitrogen and oxygen atoms in total. The molecule has 0 amide bonds. The summed E-state index contributed by atoms with van der Waals surface area (Å²) in [6.07, 6.45) is 1.88. The van der Waals surface area contributed by atoms with Gasteiger partial charge in [0, 0.05) is 34.3 Å². The molecule has 0 aliphatic rings. The van der Waals surface area contributed by atoms with Crippen LogP contribution in [-0.2, 0) is 26.5 Å². The number of fused-ring (bicyclic) bond motifs is 3. The molecule has 7 heteroatoms. The Hall–Kier alpha value is -5.32. The van der Waals surface area contributed by atoms with E-state index in [0.717, 1.165) is 50.3 Å². The Morgan fingerprint density at radius 2 is 1.38 bits per heavy atom. The molecule has 0 bridgehead atoms. The van der Waals surface area contributed by atoms with Crippen LogP contribution in [0.3, 0.4) is 0 Å². The number of rotatable bonds is 6. The summed E-state index contributed by atoms with van der Waals surface area (Å²) in [5, 5.41) is 7.13. The zero-order chi connectivity index (χ0) is 32.0. The molecule has 0 N–H and O–H groups in total. The number of para-hydroxylation sites is 1. The number of benzene rings is 5. The third-order valence-corrected chi connectivity index (χ3v) is 8.27. The van der Waals surface area contributed by atoms with Gasteiger partial charge in [-0.25, -0.2) is 14.6 Å². The Kier molecular flexibility index (Phi) is 8.28. The molecule has 8 aromatic rings. The van der Waals surface area contributed by atoms with Crippen molar-refractivity contribution in [3.8, 4) is 45.8 Å². The Balaban J connectivity index is 0.00000364. The van der Waals surface area contributed by atoms with Gasteiger partial charge in [-0.3, -0.25) is 0 Å². The molecule has 0 saturated carbocycles. The third kappa shape index (κ3) is 5.84. The second-order valence-electron chi connectivity index (χ2n) is 12.5. The molecule has 0 aliphatic carbocycles. The molecule has 0 unspecified atom stereocenters. The van der Waals surface area contributed by atoms with Crippen LogP contribution >= 0.6 is 0 Å². The molecule has 5 aromatic carbocycles. The van der Waals surface area contributed by atoms with Crippen LogP contribution in [0.15, 0.2) is 134 Å². The first-order valence-electron chi connectivity index (χ1n) is 15.6. The van der Waals surface area contributed by atoms with Gasteiger partial charge in [-0.05, 0) is 40.3 Å². The van der Waals surface area contributed by atoms with Crippen molar-refractivity contribution >= 4 is 21.8 Å². The maximum atomic E-state index is 6.44. The average molecular weight is 805 g/mol. The quantitative estimate of drug-likeness (QED) is 0.157. The molecule has 0 aliphatic heterocycles. The minimum atomic E-state index is -0.0123. The van der Waals surface area contributed by atoms with Crippen LogP contribution in [0.25, 0.3) is 56.1 Å². The molecule has 0 saturated heterocycles. The van der Waals surface area contributed by atoms with E-state index < -0.39 is 0 Å². The van der Waals surface area contributed by atoms with E-state index in [-0.39, 0.29) is 26.5 Å². The topological polar surface area (TPSA) is 57.8 Å². The van der Waals surface area contributed by atoms with E-state index in [0.29, 0.717) is 17.3 Å². The van der Waals surface area contributed by atoms with Crippen molar-refractivity contribution in [2.75, 3.05) is 0 Å². The normalized spacial score (nSPS) is 11.5. The molecule has 0 spiro atoms. The summed E-state index contributed by atoms with van der Waals surface area (Å²) in [7, 11) is 0. The fraction of sp³-hybridized carbons (Fsp3) is 0.0976. The maximum absolute atomic E-state index is 6.44. The van der Waals surface area contributed by atoms with Crippen LogP contribution in [-0.4, -0.2) is 24.3 Å². The van der Waals surface area contributed by atoms with Crippen molar-refractivity contribution in [3.63, 3.8) is 0 Å². The van der Waals surface area contributed by atoms with Crippen LogP contribution in [0.4, 0.5) is 0 Å². The smallest absolute Gasteiger partial charge is 0.509 e. The number of hydrogen-bond acceptors (Lipinski definition) is 4. The first-order chi connectivity index (χ1) is 22.9. The van der Waals surface area contributed by atoms with Gasteiger partial charge < -0.3 is 9.30 Å². The van der Waals surface area contributed by atoms with Crippen molar-refractivity contribution in [2.45, 2.75) is 26.2 Å². The van der Waals surface area contributed by atoms with Crippen molar-refractivity contribution in [1.29, 1.82) is 0 Å². The Morgan fingerprint density at radius 3 is 2.15 bits per heavy atom. The van der Waals surface area contributed by atoms with Crippen molar-refractivity contribution in [3.05, 3.63) is 151 Å². The second kappa shape index (κ2) is 12.7. The average Bonchev–Trinajstić information content (AvgIpc) is 3.69. The number of ether oxygens (including phenoxy) is 1. The monoisotopic (exact) mass is 804 g/mol. The van der Waals surface area contributed by atoms with E-state index in [9.17, 15) is 0 Å². The fourth-order valence-corrected chi connectivity index (χ4v) is 5.88. The molecule has 0 atom stereocenters. The minimum Gasteiger partial charge on any atom is -0.509 e. The van der Waals surface area contributed by atoms with Gasteiger partial charge in [0.1, 0.15) is 5.82 Å². The Bertz CT molecular complexity index is 2370. The van der Waals surface area contributed by atoms with Gasteiger partial charge in [-0.15, -0.1) is 40.8 Å². The van der Waals surface area contributed by atoms with Gasteiger partial charge in [-0.1, -0.05) is 105 Å². The molecule has 0 radical (unpaired) electrons. The SMILES string of the molecule is CC(C)(C)c1ccnc(-n2c3[c-]c(Oc4[c-]c(-n5nc(-c6ccccc6)nc5-c5ccccc5)ccc4)ccc3c3ccccc32)c1.[Pt+2]. The first kappa shape index (κ1) is 31.3. The first-order valence-corrected chi connectivity index (χ1v) is 15.6. The zero-order valence-corrected chi connectivity index (χ0v) is 28.9. The zero-order valence-electron chi connectivity index (χ0n) is 26.7. The predicted molar refractivity (Wildman–Crippen MR) is 187 cm³/mol. The molecule has 3 heterocycles. The summed E-state index contributed by atoms with van der Waals surface area (Å²) >= 11 is 0. The molecule has 48 heavy (non-hydrogen) atoms. The molecule has 0 fully saturated rings. The summed E-state index contributed by atoms with van der Waals surface area (Å²) in [5.74, 6) is 3.33. The predicted octanol–water partition coefficient (Wildman–Crippen LogP) is 9.78. The number of hydrogen-bond donors (Lipinski definition) is 0. The van der Waals surface area contributed by atoms with E-state index in [1.165, 1.54) is 5.56 Å².